The number of hydrazone groups is 1. The van der Waals surface area contributed by atoms with Crippen LogP contribution >= 0.6 is 23.2 Å². The average Bonchev–Trinajstić information content (AvgIpc) is 2.67. The number of rotatable bonds is 6. The lowest BCUT2D eigenvalue weighted by Gasteiger charge is -2.20. The topological polar surface area (TPSA) is 73.8 Å². The van der Waals surface area contributed by atoms with Crippen molar-refractivity contribution in [1.29, 1.82) is 0 Å². The molecule has 0 radical (unpaired) electrons. The first-order valence-electron chi connectivity index (χ1n) is 8.39. The third-order valence-corrected chi connectivity index (χ3v) is 4.63. The van der Waals surface area contributed by atoms with E-state index in [0.29, 0.717) is 0 Å². The molecule has 0 saturated heterocycles. The molecule has 2 N–H and O–H groups in total. The van der Waals surface area contributed by atoms with Crippen molar-refractivity contribution >= 4 is 52.6 Å². The average molecular weight is 407 g/mol. The number of nitrogens with one attached hydrogen (secondary N) is 2. The summed E-state index contributed by atoms with van der Waals surface area (Å²) in [6.07, 6.45) is 1.46. The molecule has 6 nitrogen and oxygen atoms in total. The smallest absolute Gasteiger partial charge is 0.329 e. The van der Waals surface area contributed by atoms with Gasteiger partial charge in [0.05, 0.1) is 21.9 Å². The van der Waals surface area contributed by atoms with Crippen molar-refractivity contribution in [3.05, 3.63) is 58.1 Å². The molecule has 0 saturated carbocycles. The van der Waals surface area contributed by atoms with Gasteiger partial charge in [-0.25, -0.2) is 5.43 Å². The summed E-state index contributed by atoms with van der Waals surface area (Å²) in [5, 5.41) is 6.63. The molecule has 2 amide bonds. The Labute approximate surface area is 168 Å². The second-order valence-corrected chi connectivity index (χ2v) is 6.30. The van der Waals surface area contributed by atoms with Gasteiger partial charge in [0, 0.05) is 18.8 Å². The predicted octanol–water partition coefficient (Wildman–Crippen LogP) is 3.93. The Bertz CT molecular complexity index is 834. The summed E-state index contributed by atoms with van der Waals surface area (Å²) < 4.78 is 0. The highest BCUT2D eigenvalue weighted by molar-refractivity contribution is 6.45. The Balaban J connectivity index is 1.92. The van der Waals surface area contributed by atoms with Crippen LogP contribution in [-0.2, 0) is 9.59 Å². The lowest BCUT2D eigenvalue weighted by molar-refractivity contribution is -0.136. The number of halogens is 2. The van der Waals surface area contributed by atoms with Gasteiger partial charge in [-0.1, -0.05) is 41.4 Å². The molecule has 2 aromatic carbocycles. The van der Waals surface area contributed by atoms with Crippen LogP contribution in [0.25, 0.3) is 0 Å². The normalized spacial score (nSPS) is 10.7. The molecule has 0 atom stereocenters. The van der Waals surface area contributed by atoms with Gasteiger partial charge in [-0.15, -0.1) is 0 Å². The number of nitrogens with zero attached hydrogens (tertiary/aromatic N) is 2. The van der Waals surface area contributed by atoms with Gasteiger partial charge in [0.25, 0.3) is 0 Å². The van der Waals surface area contributed by atoms with E-state index in [4.69, 9.17) is 23.2 Å². The predicted molar refractivity (Wildman–Crippen MR) is 111 cm³/mol. The first-order valence-corrected chi connectivity index (χ1v) is 9.15. The van der Waals surface area contributed by atoms with Gasteiger partial charge < -0.3 is 10.2 Å². The fourth-order valence-electron chi connectivity index (χ4n) is 2.36. The maximum absolute atomic E-state index is 11.9. The summed E-state index contributed by atoms with van der Waals surface area (Å²) >= 11 is 11.8. The van der Waals surface area contributed by atoms with Crippen molar-refractivity contribution < 1.29 is 9.59 Å². The van der Waals surface area contributed by atoms with Crippen molar-refractivity contribution in [3.8, 4) is 0 Å². The molecule has 27 heavy (non-hydrogen) atoms. The molecule has 0 aliphatic carbocycles. The summed E-state index contributed by atoms with van der Waals surface area (Å²) in [5.41, 5.74) is 4.33. The molecule has 142 valence electrons. The quantitative estimate of drug-likeness (QED) is 0.433. The summed E-state index contributed by atoms with van der Waals surface area (Å²) in [4.78, 5) is 26.0. The molecule has 0 fully saturated rings. The van der Waals surface area contributed by atoms with E-state index in [-0.39, 0.29) is 15.7 Å². The van der Waals surface area contributed by atoms with Crippen LogP contribution in [0.15, 0.2) is 47.6 Å². The molecule has 0 spiro atoms. The van der Waals surface area contributed by atoms with Crippen LogP contribution in [-0.4, -0.2) is 31.1 Å². The number of hydrogen-bond donors (Lipinski definition) is 2. The van der Waals surface area contributed by atoms with E-state index in [0.717, 1.165) is 24.3 Å². The lowest BCUT2D eigenvalue weighted by atomic mass is 10.2. The van der Waals surface area contributed by atoms with Crippen molar-refractivity contribution in [3.63, 3.8) is 0 Å². The molecule has 2 aromatic rings. The van der Waals surface area contributed by atoms with Gasteiger partial charge in [0.15, 0.2) is 0 Å². The van der Waals surface area contributed by atoms with Crippen LogP contribution in [0.1, 0.15) is 19.4 Å². The molecule has 0 heterocycles. The van der Waals surface area contributed by atoms with Crippen LogP contribution in [0.3, 0.4) is 0 Å². The fourth-order valence-corrected chi connectivity index (χ4v) is 2.70. The molecule has 8 heteroatoms. The highest BCUT2D eigenvalue weighted by Gasteiger charge is 2.15. The number of benzene rings is 2. The van der Waals surface area contributed by atoms with Gasteiger partial charge in [0.2, 0.25) is 0 Å². The highest BCUT2D eigenvalue weighted by Crippen LogP contribution is 2.29. The third-order valence-electron chi connectivity index (χ3n) is 3.81. The van der Waals surface area contributed by atoms with Crippen LogP contribution in [0.2, 0.25) is 10.0 Å². The Morgan fingerprint density at radius 2 is 1.70 bits per heavy atom. The van der Waals surface area contributed by atoms with E-state index < -0.39 is 11.8 Å². The minimum absolute atomic E-state index is 0.164. The Morgan fingerprint density at radius 1 is 1.04 bits per heavy atom. The Kier molecular flexibility index (Phi) is 7.64. The number of anilines is 2. The zero-order valence-corrected chi connectivity index (χ0v) is 16.5. The SMILES string of the molecule is CCN(CC)c1ccc(/C=N/NC(=O)C(=O)Nc2cccc(Cl)c2Cl)cc1. The van der Waals surface area contributed by atoms with E-state index in [1.165, 1.54) is 6.21 Å². The standard InChI is InChI=1S/C19H20Cl2N4O2/c1-3-25(4-2)14-10-8-13(9-11-14)12-22-24-19(27)18(26)23-16-7-5-6-15(20)17(16)21/h5-12H,3-4H2,1-2H3,(H,23,26)(H,24,27)/b22-12+. The first kappa shape index (κ1) is 20.7. The monoisotopic (exact) mass is 406 g/mol. The van der Waals surface area contributed by atoms with Crippen LogP contribution in [0, 0.1) is 0 Å². The fraction of sp³-hybridized carbons (Fsp3) is 0.211. The number of hydrogen-bond acceptors (Lipinski definition) is 4. The zero-order valence-electron chi connectivity index (χ0n) is 15.0. The van der Waals surface area contributed by atoms with E-state index in [2.05, 4.69) is 34.6 Å². The van der Waals surface area contributed by atoms with Crippen molar-refractivity contribution in [2.75, 3.05) is 23.3 Å². The lowest BCUT2D eigenvalue weighted by Crippen LogP contribution is -2.32. The molecular formula is C19H20Cl2N4O2. The van der Waals surface area contributed by atoms with E-state index >= 15 is 0 Å². The molecule has 0 aliphatic rings. The van der Waals surface area contributed by atoms with Crippen molar-refractivity contribution in [2.45, 2.75) is 13.8 Å². The molecule has 2 rings (SSSR count). The van der Waals surface area contributed by atoms with Gasteiger partial charge in [-0.3, -0.25) is 9.59 Å². The number of amides is 2. The Hall–Kier alpha value is -2.57. The van der Waals surface area contributed by atoms with Crippen LogP contribution in [0.5, 0.6) is 0 Å². The molecule has 0 aromatic heterocycles. The maximum atomic E-state index is 11.9. The summed E-state index contributed by atoms with van der Waals surface area (Å²) in [7, 11) is 0. The molecule has 0 bridgehead atoms. The first-order chi connectivity index (χ1) is 13.0. The number of carbonyl (C=O) groups is 2. The second-order valence-electron chi connectivity index (χ2n) is 5.52. The Morgan fingerprint density at radius 3 is 2.33 bits per heavy atom. The van der Waals surface area contributed by atoms with E-state index in [9.17, 15) is 9.59 Å². The highest BCUT2D eigenvalue weighted by atomic mass is 35.5. The van der Waals surface area contributed by atoms with E-state index in [1.54, 1.807) is 18.2 Å². The van der Waals surface area contributed by atoms with E-state index in [1.807, 2.05) is 24.3 Å². The molecule has 0 aliphatic heterocycles. The second kappa shape index (κ2) is 9.94. The maximum Gasteiger partial charge on any atom is 0.329 e. The van der Waals surface area contributed by atoms with Gasteiger partial charge in [-0.2, -0.15) is 5.10 Å². The van der Waals surface area contributed by atoms with Gasteiger partial charge in [-0.05, 0) is 43.7 Å². The van der Waals surface area contributed by atoms with Crippen LogP contribution in [0.4, 0.5) is 11.4 Å². The van der Waals surface area contributed by atoms with Crippen LogP contribution < -0.4 is 15.6 Å². The van der Waals surface area contributed by atoms with Gasteiger partial charge >= 0.3 is 11.8 Å². The van der Waals surface area contributed by atoms with Gasteiger partial charge in [0.1, 0.15) is 0 Å². The minimum atomic E-state index is -0.915. The molecule has 0 unspecified atom stereocenters. The largest absolute Gasteiger partial charge is 0.372 e. The molecular weight excluding hydrogens is 387 g/mol. The summed E-state index contributed by atoms with van der Waals surface area (Å²) in [6.45, 7) is 6.03. The third kappa shape index (κ3) is 5.70. The summed E-state index contributed by atoms with van der Waals surface area (Å²) in [6, 6.07) is 12.5. The zero-order chi connectivity index (χ0) is 19.8. The number of carbonyl (C=O) groups excluding carboxylic acids is 2. The van der Waals surface area contributed by atoms with Crippen molar-refractivity contribution in [2.24, 2.45) is 5.10 Å². The summed E-state index contributed by atoms with van der Waals surface area (Å²) in [5.74, 6) is -1.81. The van der Waals surface area contributed by atoms with Crippen molar-refractivity contribution in [1.82, 2.24) is 5.43 Å². The minimum Gasteiger partial charge on any atom is -0.372 e.